The summed E-state index contributed by atoms with van der Waals surface area (Å²) in [5.41, 5.74) is 3.37. The molecule has 0 aliphatic carbocycles. The molecule has 3 rings (SSSR count). The smallest absolute Gasteiger partial charge is 0.272 e. The largest absolute Gasteiger partial charge is 0.481 e. The van der Waals surface area contributed by atoms with Crippen molar-refractivity contribution in [3.63, 3.8) is 0 Å². The number of carbonyl (C=O) groups is 1. The molecule has 0 aromatic carbocycles. The molecule has 3 heterocycles. The number of nitrogens with one attached hydrogen (secondary N) is 2. The van der Waals surface area contributed by atoms with E-state index in [2.05, 4.69) is 20.5 Å². The van der Waals surface area contributed by atoms with Crippen molar-refractivity contribution in [2.75, 3.05) is 13.7 Å². The first-order valence-electron chi connectivity index (χ1n) is 8.08. The van der Waals surface area contributed by atoms with Gasteiger partial charge in [-0.3, -0.25) is 9.89 Å². The number of pyridine rings is 1. The first-order chi connectivity index (χ1) is 11.6. The van der Waals surface area contributed by atoms with Gasteiger partial charge in [0.25, 0.3) is 5.91 Å². The molecule has 7 nitrogen and oxygen atoms in total. The number of nitrogens with zero attached hydrogens (tertiary/aromatic N) is 2. The highest BCUT2D eigenvalue weighted by atomic mass is 16.5. The fourth-order valence-corrected chi connectivity index (χ4v) is 2.95. The minimum atomic E-state index is -0.157. The summed E-state index contributed by atoms with van der Waals surface area (Å²) in [7, 11) is 1.58. The summed E-state index contributed by atoms with van der Waals surface area (Å²) >= 11 is 0. The van der Waals surface area contributed by atoms with Gasteiger partial charge >= 0.3 is 0 Å². The molecule has 0 saturated heterocycles. The number of H-pyrrole nitrogens is 1. The Balaban J connectivity index is 1.59. The van der Waals surface area contributed by atoms with Crippen molar-refractivity contribution in [3.05, 3.63) is 40.8 Å². The van der Waals surface area contributed by atoms with E-state index in [1.807, 2.05) is 26.0 Å². The second-order valence-electron chi connectivity index (χ2n) is 5.97. The lowest BCUT2D eigenvalue weighted by Crippen LogP contribution is -2.29. The predicted molar refractivity (Wildman–Crippen MR) is 88.1 cm³/mol. The maximum absolute atomic E-state index is 12.4. The predicted octanol–water partition coefficient (Wildman–Crippen LogP) is 1.81. The molecule has 2 aromatic rings. The van der Waals surface area contributed by atoms with E-state index in [4.69, 9.17) is 9.47 Å². The Bertz CT molecular complexity index is 711. The second kappa shape index (κ2) is 7.00. The van der Waals surface area contributed by atoms with Crippen LogP contribution in [-0.2, 0) is 17.6 Å². The number of ether oxygens (including phenoxy) is 2. The van der Waals surface area contributed by atoms with E-state index < -0.39 is 0 Å². The average molecular weight is 330 g/mol. The summed E-state index contributed by atoms with van der Waals surface area (Å²) in [5, 5.41) is 10.0. The molecule has 2 N–H and O–H groups in total. The Morgan fingerprint density at radius 2 is 2.29 bits per heavy atom. The van der Waals surface area contributed by atoms with Crippen LogP contribution in [0, 0.1) is 0 Å². The Labute approximate surface area is 140 Å². The average Bonchev–Trinajstić information content (AvgIpc) is 2.99. The van der Waals surface area contributed by atoms with Crippen molar-refractivity contribution >= 4 is 5.91 Å². The monoisotopic (exact) mass is 330 g/mol. The van der Waals surface area contributed by atoms with Gasteiger partial charge in [0.05, 0.1) is 25.0 Å². The number of amides is 1. The van der Waals surface area contributed by atoms with E-state index in [9.17, 15) is 4.79 Å². The SMILES string of the molecule is COc1ccc(CCNC(=O)c2n[nH]c3c2C[C@H](C)O[C@@H]3C)cn1. The number of aromatic nitrogens is 3. The lowest BCUT2D eigenvalue weighted by Gasteiger charge is -2.25. The molecule has 1 aliphatic rings. The molecule has 0 unspecified atom stereocenters. The summed E-state index contributed by atoms with van der Waals surface area (Å²) in [4.78, 5) is 16.6. The molecule has 0 fully saturated rings. The highest BCUT2D eigenvalue weighted by molar-refractivity contribution is 5.94. The van der Waals surface area contributed by atoms with Crippen molar-refractivity contribution in [2.45, 2.75) is 38.9 Å². The standard InChI is InChI=1S/C17H22N4O3/c1-10-8-13-15(11(2)24-10)20-21-16(13)17(22)18-7-6-12-4-5-14(23-3)19-9-12/h4-5,9-11H,6-8H2,1-3H3,(H,18,22)(H,20,21)/t10-,11+/m0/s1. The van der Waals surface area contributed by atoms with Gasteiger partial charge in [0, 0.05) is 30.8 Å². The van der Waals surface area contributed by atoms with Crippen molar-refractivity contribution in [1.82, 2.24) is 20.5 Å². The molecule has 24 heavy (non-hydrogen) atoms. The molecule has 0 bridgehead atoms. The van der Waals surface area contributed by atoms with Crippen LogP contribution in [0.2, 0.25) is 0 Å². The van der Waals surface area contributed by atoms with Gasteiger partial charge in [-0.05, 0) is 25.8 Å². The van der Waals surface area contributed by atoms with E-state index in [-0.39, 0.29) is 18.1 Å². The van der Waals surface area contributed by atoms with Gasteiger partial charge in [-0.1, -0.05) is 6.07 Å². The quantitative estimate of drug-likeness (QED) is 0.873. The van der Waals surface area contributed by atoms with Crippen LogP contribution in [0.15, 0.2) is 18.3 Å². The molecule has 1 aliphatic heterocycles. The summed E-state index contributed by atoms with van der Waals surface area (Å²) < 4.78 is 10.8. The highest BCUT2D eigenvalue weighted by Crippen LogP contribution is 2.29. The lowest BCUT2D eigenvalue weighted by molar-refractivity contribution is -0.00697. The zero-order chi connectivity index (χ0) is 17.1. The third kappa shape index (κ3) is 3.41. The summed E-state index contributed by atoms with van der Waals surface area (Å²) in [5.74, 6) is 0.423. The second-order valence-corrected chi connectivity index (χ2v) is 5.97. The van der Waals surface area contributed by atoms with E-state index in [1.54, 1.807) is 13.3 Å². The highest BCUT2D eigenvalue weighted by Gasteiger charge is 2.29. The van der Waals surface area contributed by atoms with Crippen molar-refractivity contribution in [3.8, 4) is 5.88 Å². The Morgan fingerprint density at radius 3 is 3.00 bits per heavy atom. The van der Waals surface area contributed by atoms with Gasteiger partial charge in [0.15, 0.2) is 5.69 Å². The molecular formula is C17H22N4O3. The Kier molecular flexibility index (Phi) is 4.80. The molecule has 2 atom stereocenters. The van der Waals surface area contributed by atoms with E-state index in [1.165, 1.54) is 0 Å². The van der Waals surface area contributed by atoms with Crippen LogP contribution in [0.1, 0.15) is 47.3 Å². The van der Waals surface area contributed by atoms with Gasteiger partial charge in [-0.2, -0.15) is 5.10 Å². The minimum absolute atomic E-state index is 0.0665. The van der Waals surface area contributed by atoms with Crippen molar-refractivity contribution in [2.24, 2.45) is 0 Å². The first kappa shape index (κ1) is 16.4. The molecule has 1 amide bonds. The molecule has 7 heteroatoms. The molecule has 2 aromatic heterocycles. The fourth-order valence-electron chi connectivity index (χ4n) is 2.95. The first-order valence-corrected chi connectivity index (χ1v) is 8.08. The lowest BCUT2D eigenvalue weighted by atomic mass is 9.99. The van der Waals surface area contributed by atoms with Crippen LogP contribution in [-0.4, -0.2) is 40.8 Å². The van der Waals surface area contributed by atoms with Gasteiger partial charge in [-0.25, -0.2) is 4.98 Å². The minimum Gasteiger partial charge on any atom is -0.481 e. The van der Waals surface area contributed by atoms with Crippen LogP contribution in [0.25, 0.3) is 0 Å². The number of fused-ring (bicyclic) bond motifs is 1. The zero-order valence-corrected chi connectivity index (χ0v) is 14.1. The molecule has 0 saturated carbocycles. The van der Waals surface area contributed by atoms with Gasteiger partial charge in [0.1, 0.15) is 0 Å². The fraction of sp³-hybridized carbons (Fsp3) is 0.471. The third-order valence-corrected chi connectivity index (χ3v) is 4.15. The maximum atomic E-state index is 12.4. The van der Waals surface area contributed by atoms with Crippen molar-refractivity contribution in [1.29, 1.82) is 0 Å². The Morgan fingerprint density at radius 1 is 1.46 bits per heavy atom. The summed E-state index contributed by atoms with van der Waals surface area (Å²) in [6.07, 6.45) is 3.17. The van der Waals surface area contributed by atoms with E-state index in [0.29, 0.717) is 31.0 Å². The number of hydrogen-bond acceptors (Lipinski definition) is 5. The molecule has 0 radical (unpaired) electrons. The number of aromatic amines is 1. The number of rotatable bonds is 5. The topological polar surface area (TPSA) is 89.1 Å². The third-order valence-electron chi connectivity index (χ3n) is 4.15. The summed E-state index contributed by atoms with van der Waals surface area (Å²) in [6.45, 7) is 4.49. The van der Waals surface area contributed by atoms with Crippen LogP contribution in [0.5, 0.6) is 5.88 Å². The van der Waals surface area contributed by atoms with Crippen LogP contribution in [0.3, 0.4) is 0 Å². The maximum Gasteiger partial charge on any atom is 0.272 e. The van der Waals surface area contributed by atoms with Crippen LogP contribution in [0.4, 0.5) is 0 Å². The Hall–Kier alpha value is -2.41. The zero-order valence-electron chi connectivity index (χ0n) is 14.1. The van der Waals surface area contributed by atoms with Crippen LogP contribution >= 0.6 is 0 Å². The molecule has 128 valence electrons. The normalized spacial score (nSPS) is 19.6. The van der Waals surface area contributed by atoms with E-state index >= 15 is 0 Å². The van der Waals surface area contributed by atoms with E-state index in [0.717, 1.165) is 16.8 Å². The van der Waals surface area contributed by atoms with Gasteiger partial charge < -0.3 is 14.8 Å². The van der Waals surface area contributed by atoms with Crippen molar-refractivity contribution < 1.29 is 14.3 Å². The van der Waals surface area contributed by atoms with Crippen LogP contribution < -0.4 is 10.1 Å². The summed E-state index contributed by atoms with van der Waals surface area (Å²) in [6, 6.07) is 3.75. The number of methoxy groups -OCH3 is 1. The van der Waals surface area contributed by atoms with Gasteiger partial charge in [-0.15, -0.1) is 0 Å². The van der Waals surface area contributed by atoms with Gasteiger partial charge in [0.2, 0.25) is 5.88 Å². The molecular weight excluding hydrogens is 308 g/mol. The molecule has 0 spiro atoms. The number of hydrogen-bond donors (Lipinski definition) is 2. The number of carbonyl (C=O) groups excluding carboxylic acids is 1.